The maximum atomic E-state index is 10.5. The number of rotatable bonds is 6. The van der Waals surface area contributed by atoms with Crippen molar-refractivity contribution in [3.8, 4) is 29.1 Å². The van der Waals surface area contributed by atoms with Crippen molar-refractivity contribution in [2.75, 3.05) is 20.8 Å². The van der Waals surface area contributed by atoms with Crippen molar-refractivity contribution in [1.29, 1.82) is 0 Å². The molecule has 106 valence electrons. The van der Waals surface area contributed by atoms with Crippen LogP contribution in [0.25, 0.3) is 6.08 Å². The molecule has 5 nitrogen and oxygen atoms in total. The van der Waals surface area contributed by atoms with Crippen molar-refractivity contribution in [2.45, 2.75) is 6.92 Å². The number of ether oxygens (including phenoxy) is 3. The molecule has 0 unspecified atom stereocenters. The van der Waals surface area contributed by atoms with Crippen LogP contribution < -0.4 is 14.2 Å². The number of carboxylic acid groups (broad SMARTS) is 1. The largest absolute Gasteiger partial charge is 0.493 e. The summed E-state index contributed by atoms with van der Waals surface area (Å²) in [6.07, 6.45) is 2.49. The van der Waals surface area contributed by atoms with Gasteiger partial charge in [-0.2, -0.15) is 0 Å². The van der Waals surface area contributed by atoms with Crippen molar-refractivity contribution in [1.82, 2.24) is 0 Å². The van der Waals surface area contributed by atoms with E-state index in [2.05, 4.69) is 11.8 Å². The van der Waals surface area contributed by atoms with E-state index in [0.717, 1.165) is 6.08 Å². The summed E-state index contributed by atoms with van der Waals surface area (Å²) in [7, 11) is 3.00. The Hall–Kier alpha value is -2.61. The van der Waals surface area contributed by atoms with Gasteiger partial charge in [0.2, 0.25) is 5.75 Å². The molecule has 0 aliphatic heterocycles. The van der Waals surface area contributed by atoms with E-state index in [1.54, 1.807) is 19.1 Å². The van der Waals surface area contributed by atoms with Crippen molar-refractivity contribution < 1.29 is 24.1 Å². The SMILES string of the molecule is CC#CCOc1c(OC)cc(C=CC(=O)O)cc1OC. The number of carbonyl (C=O) groups is 1. The van der Waals surface area contributed by atoms with E-state index in [-0.39, 0.29) is 6.61 Å². The molecule has 1 aromatic rings. The summed E-state index contributed by atoms with van der Waals surface area (Å²) < 4.78 is 16.0. The van der Waals surface area contributed by atoms with Crippen LogP contribution >= 0.6 is 0 Å². The molecule has 0 radical (unpaired) electrons. The minimum absolute atomic E-state index is 0.216. The molecule has 0 saturated carbocycles. The Balaban J connectivity index is 3.15. The highest BCUT2D eigenvalue weighted by Crippen LogP contribution is 2.38. The molecule has 20 heavy (non-hydrogen) atoms. The molecule has 0 aliphatic rings. The molecule has 0 saturated heterocycles. The Morgan fingerprint density at radius 3 is 2.35 bits per heavy atom. The van der Waals surface area contributed by atoms with Crippen LogP contribution in [-0.4, -0.2) is 31.9 Å². The predicted molar refractivity (Wildman–Crippen MR) is 75.2 cm³/mol. The second kappa shape index (κ2) is 7.74. The first-order chi connectivity index (χ1) is 9.62. The van der Waals surface area contributed by atoms with Crippen LogP contribution in [0.4, 0.5) is 0 Å². The number of carboxylic acids is 1. The first kappa shape index (κ1) is 15.4. The molecular formula is C15H16O5. The summed E-state index contributed by atoms with van der Waals surface area (Å²) >= 11 is 0. The van der Waals surface area contributed by atoms with E-state index in [9.17, 15) is 4.79 Å². The smallest absolute Gasteiger partial charge is 0.328 e. The normalized spacial score (nSPS) is 9.75. The number of aliphatic carboxylic acids is 1. The van der Waals surface area contributed by atoms with E-state index in [1.807, 2.05) is 0 Å². The molecule has 0 spiro atoms. The highest BCUT2D eigenvalue weighted by atomic mass is 16.5. The van der Waals surface area contributed by atoms with Gasteiger partial charge in [-0.3, -0.25) is 0 Å². The Morgan fingerprint density at radius 2 is 1.90 bits per heavy atom. The molecule has 1 aromatic carbocycles. The summed E-state index contributed by atoms with van der Waals surface area (Å²) in [6, 6.07) is 3.33. The third-order valence-electron chi connectivity index (χ3n) is 2.37. The molecular weight excluding hydrogens is 260 g/mol. The summed E-state index contributed by atoms with van der Waals surface area (Å²) in [5, 5.41) is 8.64. The lowest BCUT2D eigenvalue weighted by Gasteiger charge is -2.14. The van der Waals surface area contributed by atoms with E-state index in [0.29, 0.717) is 22.8 Å². The van der Waals surface area contributed by atoms with Crippen LogP contribution in [0.15, 0.2) is 18.2 Å². The van der Waals surface area contributed by atoms with E-state index >= 15 is 0 Å². The lowest BCUT2D eigenvalue weighted by atomic mass is 10.1. The fourth-order valence-electron chi connectivity index (χ4n) is 1.49. The Bertz CT molecular complexity index is 538. The Labute approximate surface area is 117 Å². The minimum atomic E-state index is -1.03. The van der Waals surface area contributed by atoms with Gasteiger partial charge >= 0.3 is 5.97 Å². The van der Waals surface area contributed by atoms with Gasteiger partial charge in [0.05, 0.1) is 14.2 Å². The Morgan fingerprint density at radius 1 is 1.30 bits per heavy atom. The summed E-state index contributed by atoms with van der Waals surface area (Å²) in [4.78, 5) is 10.5. The topological polar surface area (TPSA) is 65.0 Å². The van der Waals surface area contributed by atoms with Crippen LogP contribution in [0.1, 0.15) is 12.5 Å². The van der Waals surface area contributed by atoms with Gasteiger partial charge in [-0.05, 0) is 30.7 Å². The maximum absolute atomic E-state index is 10.5. The number of hydrogen-bond donors (Lipinski definition) is 1. The van der Waals surface area contributed by atoms with Crippen molar-refractivity contribution in [2.24, 2.45) is 0 Å². The second-order valence-electron chi connectivity index (χ2n) is 3.64. The van der Waals surface area contributed by atoms with Crippen molar-refractivity contribution in [3.05, 3.63) is 23.8 Å². The van der Waals surface area contributed by atoms with Gasteiger partial charge in [-0.1, -0.05) is 5.92 Å². The van der Waals surface area contributed by atoms with Gasteiger partial charge < -0.3 is 19.3 Å². The highest BCUT2D eigenvalue weighted by Gasteiger charge is 2.13. The standard InChI is InChI=1S/C15H16O5/c1-4-5-8-20-15-12(18-2)9-11(6-7-14(16)17)10-13(15)19-3/h6-7,9-10H,8H2,1-3H3,(H,16,17). The zero-order valence-electron chi connectivity index (χ0n) is 11.6. The second-order valence-corrected chi connectivity index (χ2v) is 3.64. The van der Waals surface area contributed by atoms with Crippen LogP contribution in [0.3, 0.4) is 0 Å². The Kier molecular flexibility index (Phi) is 5.98. The third-order valence-corrected chi connectivity index (χ3v) is 2.37. The molecule has 0 aliphatic carbocycles. The zero-order valence-corrected chi connectivity index (χ0v) is 11.6. The van der Waals surface area contributed by atoms with Crippen molar-refractivity contribution in [3.63, 3.8) is 0 Å². The number of methoxy groups -OCH3 is 2. The molecule has 0 fully saturated rings. The van der Waals surface area contributed by atoms with E-state index in [4.69, 9.17) is 19.3 Å². The molecule has 0 atom stereocenters. The quantitative estimate of drug-likeness (QED) is 0.637. The van der Waals surface area contributed by atoms with Crippen LogP contribution in [0.5, 0.6) is 17.2 Å². The summed E-state index contributed by atoms with van der Waals surface area (Å²) in [5.74, 6) is 5.81. The molecule has 0 aromatic heterocycles. The molecule has 1 rings (SSSR count). The van der Waals surface area contributed by atoms with Gasteiger partial charge in [0.1, 0.15) is 6.61 Å². The number of benzene rings is 1. The lowest BCUT2D eigenvalue weighted by molar-refractivity contribution is -0.131. The maximum Gasteiger partial charge on any atom is 0.328 e. The molecule has 5 heteroatoms. The van der Waals surface area contributed by atoms with Crippen LogP contribution in [-0.2, 0) is 4.79 Å². The molecule has 0 amide bonds. The lowest BCUT2D eigenvalue weighted by Crippen LogP contribution is -2.00. The minimum Gasteiger partial charge on any atom is -0.493 e. The molecule has 0 bridgehead atoms. The first-order valence-electron chi connectivity index (χ1n) is 5.81. The summed E-state index contributed by atoms with van der Waals surface area (Å²) in [5.41, 5.74) is 0.634. The predicted octanol–water partition coefficient (Wildman–Crippen LogP) is 2.20. The van der Waals surface area contributed by atoms with Crippen LogP contribution in [0, 0.1) is 11.8 Å². The average Bonchev–Trinajstić information content (AvgIpc) is 2.45. The molecule has 0 heterocycles. The van der Waals surface area contributed by atoms with Crippen molar-refractivity contribution >= 4 is 12.0 Å². The average molecular weight is 276 g/mol. The van der Waals surface area contributed by atoms with Gasteiger partial charge in [0.15, 0.2) is 11.5 Å². The fourth-order valence-corrected chi connectivity index (χ4v) is 1.49. The van der Waals surface area contributed by atoms with Gasteiger partial charge in [0.25, 0.3) is 0 Å². The first-order valence-corrected chi connectivity index (χ1v) is 5.81. The monoisotopic (exact) mass is 276 g/mol. The van der Waals surface area contributed by atoms with Gasteiger partial charge in [0, 0.05) is 6.08 Å². The summed E-state index contributed by atoms with van der Waals surface area (Å²) in [6.45, 7) is 1.94. The van der Waals surface area contributed by atoms with Crippen LogP contribution in [0.2, 0.25) is 0 Å². The van der Waals surface area contributed by atoms with E-state index in [1.165, 1.54) is 20.3 Å². The van der Waals surface area contributed by atoms with Gasteiger partial charge in [-0.15, -0.1) is 5.92 Å². The zero-order chi connectivity index (χ0) is 15.0. The van der Waals surface area contributed by atoms with E-state index < -0.39 is 5.97 Å². The number of hydrogen-bond acceptors (Lipinski definition) is 4. The highest BCUT2D eigenvalue weighted by molar-refractivity contribution is 5.85. The fraction of sp³-hybridized carbons (Fsp3) is 0.267. The third kappa shape index (κ3) is 4.25. The molecule has 1 N–H and O–H groups in total. The van der Waals surface area contributed by atoms with Gasteiger partial charge in [-0.25, -0.2) is 4.79 Å².